The van der Waals surface area contributed by atoms with Crippen LogP contribution >= 0.6 is 0 Å². The summed E-state index contributed by atoms with van der Waals surface area (Å²) in [6, 6.07) is 18.2. The van der Waals surface area contributed by atoms with Crippen LogP contribution in [0.5, 0.6) is 0 Å². The molecular weight excluding hydrogens is 322 g/mol. The summed E-state index contributed by atoms with van der Waals surface area (Å²) in [6.07, 6.45) is 2.06. The number of hydrogen-bond acceptors (Lipinski definition) is 2. The van der Waals surface area contributed by atoms with E-state index in [0.29, 0.717) is 0 Å². The molecule has 0 fully saturated rings. The van der Waals surface area contributed by atoms with Gasteiger partial charge in [0.15, 0.2) is 0 Å². The lowest BCUT2D eigenvalue weighted by atomic mass is 10.0. The molecule has 2 heterocycles. The number of benzene rings is 2. The van der Waals surface area contributed by atoms with E-state index in [1.54, 1.807) is 0 Å². The number of aryl methyl sites for hydroxylation is 3. The van der Waals surface area contributed by atoms with Gasteiger partial charge in [0, 0.05) is 23.5 Å². The van der Waals surface area contributed by atoms with Gasteiger partial charge in [0.05, 0.1) is 12.2 Å². The van der Waals surface area contributed by atoms with Crippen molar-refractivity contribution in [2.75, 3.05) is 11.4 Å². The number of aromatic nitrogens is 2. The van der Waals surface area contributed by atoms with Crippen molar-refractivity contribution in [3.8, 4) is 0 Å². The molecule has 1 aliphatic rings. The maximum absolute atomic E-state index is 13.0. The van der Waals surface area contributed by atoms with Crippen LogP contribution in [-0.4, -0.2) is 22.2 Å². The van der Waals surface area contributed by atoms with Crippen LogP contribution < -0.4 is 4.90 Å². The number of anilines is 1. The fourth-order valence-electron chi connectivity index (χ4n) is 3.66. The molecule has 26 heavy (non-hydrogen) atoms. The highest BCUT2D eigenvalue weighted by atomic mass is 16.2. The van der Waals surface area contributed by atoms with Crippen molar-refractivity contribution in [3.05, 3.63) is 82.7 Å². The highest BCUT2D eigenvalue weighted by Gasteiger charge is 2.23. The van der Waals surface area contributed by atoms with Crippen molar-refractivity contribution >= 4 is 11.6 Å². The van der Waals surface area contributed by atoms with E-state index in [1.807, 2.05) is 59.0 Å². The van der Waals surface area contributed by atoms with Gasteiger partial charge in [0.2, 0.25) is 0 Å². The summed E-state index contributed by atoms with van der Waals surface area (Å²) in [6.45, 7) is 5.57. The Morgan fingerprint density at radius 3 is 2.58 bits per heavy atom. The molecule has 0 saturated heterocycles. The van der Waals surface area contributed by atoms with Crippen LogP contribution in [0.25, 0.3) is 0 Å². The first-order valence-corrected chi connectivity index (χ1v) is 9.11. The minimum absolute atomic E-state index is 0.0785. The van der Waals surface area contributed by atoms with Crippen molar-refractivity contribution in [1.29, 1.82) is 0 Å². The molecule has 3 aromatic rings. The Balaban J connectivity index is 1.54. The summed E-state index contributed by atoms with van der Waals surface area (Å²) in [4.78, 5) is 14.9. The first-order chi connectivity index (χ1) is 12.6. The van der Waals surface area contributed by atoms with E-state index >= 15 is 0 Å². The third-order valence-corrected chi connectivity index (χ3v) is 4.99. The molecule has 0 aliphatic carbocycles. The Kier molecular flexibility index (Phi) is 4.33. The van der Waals surface area contributed by atoms with Crippen LogP contribution in [0.2, 0.25) is 0 Å². The van der Waals surface area contributed by atoms with Gasteiger partial charge in [-0.05, 0) is 62.1 Å². The molecule has 1 aromatic heterocycles. The van der Waals surface area contributed by atoms with E-state index in [4.69, 9.17) is 0 Å². The summed E-state index contributed by atoms with van der Waals surface area (Å²) in [7, 11) is 0. The highest BCUT2D eigenvalue weighted by molar-refractivity contribution is 6.06. The smallest absolute Gasteiger partial charge is 0.258 e. The molecule has 2 aromatic carbocycles. The van der Waals surface area contributed by atoms with E-state index < -0.39 is 0 Å². The molecule has 0 radical (unpaired) electrons. The minimum atomic E-state index is 0.0785. The molecule has 0 bridgehead atoms. The predicted molar refractivity (Wildman–Crippen MR) is 104 cm³/mol. The van der Waals surface area contributed by atoms with Crippen LogP contribution in [-0.2, 0) is 13.0 Å². The Hall–Kier alpha value is -2.88. The number of carbonyl (C=O) groups is 1. The normalized spacial score (nSPS) is 13.5. The van der Waals surface area contributed by atoms with Gasteiger partial charge in [-0.1, -0.05) is 30.3 Å². The van der Waals surface area contributed by atoms with Gasteiger partial charge >= 0.3 is 0 Å². The third kappa shape index (κ3) is 3.15. The SMILES string of the molecule is Cc1cc(C)n(Cc2ccc(C(=O)N3CCCc4ccccc43)cc2)n1. The summed E-state index contributed by atoms with van der Waals surface area (Å²) < 4.78 is 1.99. The molecule has 1 amide bonds. The Bertz CT molecular complexity index is 940. The van der Waals surface area contributed by atoms with Crippen LogP contribution in [0.1, 0.15) is 39.3 Å². The fourth-order valence-corrected chi connectivity index (χ4v) is 3.66. The topological polar surface area (TPSA) is 38.1 Å². The average Bonchev–Trinajstić information content (AvgIpc) is 2.98. The van der Waals surface area contributed by atoms with Gasteiger partial charge in [-0.15, -0.1) is 0 Å². The maximum atomic E-state index is 13.0. The van der Waals surface area contributed by atoms with Crippen LogP contribution in [0.15, 0.2) is 54.6 Å². The van der Waals surface area contributed by atoms with Crippen molar-refractivity contribution in [2.45, 2.75) is 33.2 Å². The van der Waals surface area contributed by atoms with Crippen LogP contribution in [0, 0.1) is 13.8 Å². The van der Waals surface area contributed by atoms with E-state index in [2.05, 4.69) is 24.2 Å². The molecule has 4 rings (SSSR count). The zero-order chi connectivity index (χ0) is 18.1. The van der Waals surface area contributed by atoms with Crippen molar-refractivity contribution < 1.29 is 4.79 Å². The van der Waals surface area contributed by atoms with Gasteiger partial charge in [-0.25, -0.2) is 0 Å². The first kappa shape index (κ1) is 16.6. The lowest BCUT2D eigenvalue weighted by molar-refractivity contribution is 0.0985. The van der Waals surface area contributed by atoms with Gasteiger partial charge in [0.25, 0.3) is 5.91 Å². The van der Waals surface area contributed by atoms with Gasteiger partial charge in [0.1, 0.15) is 0 Å². The lowest BCUT2D eigenvalue weighted by Crippen LogP contribution is -2.35. The number of fused-ring (bicyclic) bond motifs is 1. The molecule has 1 aliphatic heterocycles. The number of nitrogens with zero attached hydrogens (tertiary/aromatic N) is 3. The van der Waals surface area contributed by atoms with Crippen molar-refractivity contribution in [1.82, 2.24) is 9.78 Å². The van der Waals surface area contributed by atoms with E-state index in [9.17, 15) is 4.79 Å². The predicted octanol–water partition coefficient (Wildman–Crippen LogP) is 4.14. The van der Waals surface area contributed by atoms with Gasteiger partial charge in [-0.2, -0.15) is 5.10 Å². The Morgan fingerprint density at radius 2 is 1.85 bits per heavy atom. The number of carbonyl (C=O) groups excluding carboxylic acids is 1. The second-order valence-corrected chi connectivity index (χ2v) is 6.97. The van der Waals surface area contributed by atoms with Crippen molar-refractivity contribution in [3.63, 3.8) is 0 Å². The zero-order valence-electron chi connectivity index (χ0n) is 15.3. The number of rotatable bonds is 3. The Morgan fingerprint density at radius 1 is 1.08 bits per heavy atom. The monoisotopic (exact) mass is 345 g/mol. The Labute approximate surface area is 154 Å². The van der Waals surface area contributed by atoms with Crippen LogP contribution in [0.3, 0.4) is 0 Å². The molecule has 4 nitrogen and oxygen atoms in total. The highest BCUT2D eigenvalue weighted by Crippen LogP contribution is 2.28. The second kappa shape index (κ2) is 6.79. The molecule has 0 atom stereocenters. The summed E-state index contributed by atoms with van der Waals surface area (Å²) in [5, 5.41) is 4.50. The second-order valence-electron chi connectivity index (χ2n) is 6.97. The summed E-state index contributed by atoms with van der Waals surface area (Å²) >= 11 is 0. The number of hydrogen-bond donors (Lipinski definition) is 0. The van der Waals surface area contributed by atoms with E-state index in [-0.39, 0.29) is 5.91 Å². The molecule has 0 unspecified atom stereocenters. The average molecular weight is 345 g/mol. The number of amides is 1. The summed E-state index contributed by atoms with van der Waals surface area (Å²) in [5.41, 5.74) is 6.36. The molecular formula is C22H23N3O. The largest absolute Gasteiger partial charge is 0.308 e. The molecule has 132 valence electrons. The molecule has 0 N–H and O–H groups in total. The minimum Gasteiger partial charge on any atom is -0.308 e. The summed E-state index contributed by atoms with van der Waals surface area (Å²) in [5.74, 6) is 0.0785. The van der Waals surface area contributed by atoms with Gasteiger partial charge in [-0.3, -0.25) is 9.48 Å². The van der Waals surface area contributed by atoms with Crippen molar-refractivity contribution in [2.24, 2.45) is 0 Å². The maximum Gasteiger partial charge on any atom is 0.258 e. The van der Waals surface area contributed by atoms with Crippen LogP contribution in [0.4, 0.5) is 5.69 Å². The molecule has 0 spiro atoms. The first-order valence-electron chi connectivity index (χ1n) is 9.11. The molecule has 0 saturated carbocycles. The van der Waals surface area contributed by atoms with Gasteiger partial charge < -0.3 is 4.90 Å². The third-order valence-electron chi connectivity index (χ3n) is 4.99. The van der Waals surface area contributed by atoms with E-state index in [0.717, 1.165) is 54.1 Å². The zero-order valence-corrected chi connectivity index (χ0v) is 15.3. The molecule has 4 heteroatoms. The lowest BCUT2D eigenvalue weighted by Gasteiger charge is -2.29. The van der Waals surface area contributed by atoms with E-state index in [1.165, 1.54) is 5.56 Å². The standard InChI is InChI=1S/C22H23N3O/c1-16-14-17(2)25(23-16)15-18-9-11-20(12-10-18)22(26)24-13-5-7-19-6-3-4-8-21(19)24/h3-4,6,8-12,14H,5,7,13,15H2,1-2H3. The fraction of sp³-hybridized carbons (Fsp3) is 0.273. The quantitative estimate of drug-likeness (QED) is 0.715. The number of para-hydroxylation sites is 1.